The summed E-state index contributed by atoms with van der Waals surface area (Å²) in [5.74, 6) is 0.983. The number of rotatable bonds is 4. The number of nitrogens with zero attached hydrogens (tertiary/aromatic N) is 1. The Labute approximate surface area is 110 Å². The Morgan fingerprint density at radius 3 is 2.72 bits per heavy atom. The van der Waals surface area contributed by atoms with E-state index in [-0.39, 0.29) is 0 Å². The van der Waals surface area contributed by atoms with Gasteiger partial charge in [0.05, 0.1) is 0 Å². The smallest absolute Gasteiger partial charge is 0.115 e. The SMILES string of the molecule is CCC(c1ccc(O)cc1)N1CCCC(CN)C1. The first kappa shape index (κ1) is 13.4. The minimum atomic E-state index is 0.340. The van der Waals surface area contributed by atoms with Crippen LogP contribution in [0.15, 0.2) is 24.3 Å². The van der Waals surface area contributed by atoms with E-state index in [0.717, 1.165) is 26.1 Å². The van der Waals surface area contributed by atoms with Crippen molar-refractivity contribution in [3.8, 4) is 5.75 Å². The quantitative estimate of drug-likeness (QED) is 0.861. The Morgan fingerprint density at radius 1 is 1.39 bits per heavy atom. The van der Waals surface area contributed by atoms with E-state index in [1.165, 1.54) is 18.4 Å². The Hall–Kier alpha value is -1.06. The number of aromatic hydroxyl groups is 1. The van der Waals surface area contributed by atoms with Gasteiger partial charge in [0, 0.05) is 12.6 Å². The molecule has 0 radical (unpaired) electrons. The van der Waals surface area contributed by atoms with Crippen LogP contribution in [0.5, 0.6) is 5.75 Å². The van der Waals surface area contributed by atoms with Gasteiger partial charge in [0.15, 0.2) is 0 Å². The molecule has 1 saturated heterocycles. The lowest BCUT2D eigenvalue weighted by Gasteiger charge is -2.38. The fraction of sp³-hybridized carbons (Fsp3) is 0.600. The largest absolute Gasteiger partial charge is 0.508 e. The van der Waals surface area contributed by atoms with E-state index in [1.807, 2.05) is 12.1 Å². The molecule has 1 fully saturated rings. The molecule has 0 amide bonds. The number of hydrogen-bond donors (Lipinski definition) is 2. The fourth-order valence-corrected chi connectivity index (χ4v) is 2.97. The maximum Gasteiger partial charge on any atom is 0.115 e. The summed E-state index contributed by atoms with van der Waals surface area (Å²) in [6.07, 6.45) is 3.61. The molecular formula is C15H24N2O. The standard InChI is InChI=1S/C15H24N2O/c1-2-15(13-5-7-14(18)8-6-13)17-9-3-4-12(10-16)11-17/h5-8,12,15,18H,2-4,9-11,16H2,1H3. The Morgan fingerprint density at radius 2 is 2.11 bits per heavy atom. The third-order valence-electron chi connectivity index (χ3n) is 3.99. The predicted octanol–water partition coefficient (Wildman–Crippen LogP) is 2.51. The Balaban J connectivity index is 2.10. The Bertz CT molecular complexity index is 363. The molecule has 0 aliphatic carbocycles. The first-order chi connectivity index (χ1) is 8.74. The highest BCUT2D eigenvalue weighted by Crippen LogP contribution is 2.29. The van der Waals surface area contributed by atoms with Crippen molar-refractivity contribution in [2.75, 3.05) is 19.6 Å². The van der Waals surface area contributed by atoms with Crippen LogP contribution < -0.4 is 5.73 Å². The van der Waals surface area contributed by atoms with Crippen LogP contribution in [0.25, 0.3) is 0 Å². The lowest BCUT2D eigenvalue weighted by Crippen LogP contribution is -2.40. The minimum Gasteiger partial charge on any atom is -0.508 e. The molecule has 1 heterocycles. The molecule has 0 saturated carbocycles. The molecule has 3 N–H and O–H groups in total. The van der Waals surface area contributed by atoms with Crippen molar-refractivity contribution in [3.05, 3.63) is 29.8 Å². The zero-order chi connectivity index (χ0) is 13.0. The molecule has 3 heteroatoms. The van der Waals surface area contributed by atoms with E-state index in [1.54, 1.807) is 12.1 Å². The zero-order valence-corrected chi connectivity index (χ0v) is 11.2. The first-order valence-corrected chi connectivity index (χ1v) is 6.97. The topological polar surface area (TPSA) is 49.5 Å². The molecule has 0 spiro atoms. The summed E-state index contributed by atoms with van der Waals surface area (Å²) in [5, 5.41) is 9.37. The van der Waals surface area contributed by atoms with Crippen LogP contribution in [0.4, 0.5) is 0 Å². The molecule has 1 aromatic carbocycles. The molecule has 1 aromatic rings. The monoisotopic (exact) mass is 248 g/mol. The highest BCUT2D eigenvalue weighted by atomic mass is 16.3. The number of phenols is 1. The predicted molar refractivity (Wildman–Crippen MR) is 74.5 cm³/mol. The summed E-state index contributed by atoms with van der Waals surface area (Å²) in [6.45, 7) is 5.29. The van der Waals surface area contributed by atoms with Crippen LogP contribution in [0.3, 0.4) is 0 Å². The van der Waals surface area contributed by atoms with Gasteiger partial charge in [-0.3, -0.25) is 4.90 Å². The van der Waals surface area contributed by atoms with Crippen molar-refractivity contribution >= 4 is 0 Å². The van der Waals surface area contributed by atoms with Gasteiger partial charge in [0.2, 0.25) is 0 Å². The van der Waals surface area contributed by atoms with E-state index >= 15 is 0 Å². The molecule has 0 aromatic heterocycles. The van der Waals surface area contributed by atoms with Crippen molar-refractivity contribution in [3.63, 3.8) is 0 Å². The highest BCUT2D eigenvalue weighted by molar-refractivity contribution is 5.28. The molecule has 0 bridgehead atoms. The number of piperidine rings is 1. The average Bonchev–Trinajstić information content (AvgIpc) is 2.42. The summed E-state index contributed by atoms with van der Waals surface area (Å²) in [5.41, 5.74) is 7.10. The van der Waals surface area contributed by atoms with Crippen molar-refractivity contribution in [2.45, 2.75) is 32.2 Å². The normalized spacial score (nSPS) is 22.9. The molecule has 2 rings (SSSR count). The number of benzene rings is 1. The highest BCUT2D eigenvalue weighted by Gasteiger charge is 2.25. The lowest BCUT2D eigenvalue weighted by atomic mass is 9.94. The van der Waals surface area contributed by atoms with E-state index in [4.69, 9.17) is 5.73 Å². The van der Waals surface area contributed by atoms with Crippen LogP contribution in [0.2, 0.25) is 0 Å². The number of nitrogens with two attached hydrogens (primary N) is 1. The van der Waals surface area contributed by atoms with Gasteiger partial charge in [-0.2, -0.15) is 0 Å². The maximum absolute atomic E-state index is 9.37. The van der Waals surface area contributed by atoms with E-state index in [0.29, 0.717) is 17.7 Å². The van der Waals surface area contributed by atoms with Crippen molar-refractivity contribution in [1.82, 2.24) is 4.90 Å². The van der Waals surface area contributed by atoms with Gasteiger partial charge in [0.25, 0.3) is 0 Å². The second-order valence-electron chi connectivity index (χ2n) is 5.25. The minimum absolute atomic E-state index is 0.340. The molecule has 2 atom stereocenters. The van der Waals surface area contributed by atoms with E-state index in [2.05, 4.69) is 11.8 Å². The number of phenolic OH excluding ortho intramolecular Hbond substituents is 1. The number of hydrogen-bond acceptors (Lipinski definition) is 3. The maximum atomic E-state index is 9.37. The van der Waals surface area contributed by atoms with Gasteiger partial charge in [-0.05, 0) is 56.0 Å². The average molecular weight is 248 g/mol. The molecule has 1 aliphatic heterocycles. The second kappa shape index (κ2) is 6.21. The van der Waals surface area contributed by atoms with Crippen molar-refractivity contribution in [2.24, 2.45) is 11.7 Å². The van der Waals surface area contributed by atoms with Crippen LogP contribution in [0, 0.1) is 5.92 Å². The van der Waals surface area contributed by atoms with Crippen molar-refractivity contribution < 1.29 is 5.11 Å². The summed E-state index contributed by atoms with van der Waals surface area (Å²) < 4.78 is 0. The van der Waals surface area contributed by atoms with Crippen LogP contribution in [-0.4, -0.2) is 29.6 Å². The summed E-state index contributed by atoms with van der Waals surface area (Å²) in [4.78, 5) is 2.55. The van der Waals surface area contributed by atoms with Crippen molar-refractivity contribution in [1.29, 1.82) is 0 Å². The van der Waals surface area contributed by atoms with Gasteiger partial charge in [-0.25, -0.2) is 0 Å². The molecule has 1 aliphatic rings. The Kier molecular flexibility index (Phi) is 4.61. The molecule has 3 nitrogen and oxygen atoms in total. The van der Waals surface area contributed by atoms with Crippen LogP contribution in [0.1, 0.15) is 37.8 Å². The molecule has 100 valence electrons. The zero-order valence-electron chi connectivity index (χ0n) is 11.2. The second-order valence-corrected chi connectivity index (χ2v) is 5.25. The van der Waals surface area contributed by atoms with Crippen LogP contribution >= 0.6 is 0 Å². The van der Waals surface area contributed by atoms with Gasteiger partial charge in [-0.15, -0.1) is 0 Å². The van der Waals surface area contributed by atoms with Crippen LogP contribution in [-0.2, 0) is 0 Å². The summed E-state index contributed by atoms with van der Waals surface area (Å²) in [7, 11) is 0. The molecule has 2 unspecified atom stereocenters. The van der Waals surface area contributed by atoms with E-state index in [9.17, 15) is 5.11 Å². The van der Waals surface area contributed by atoms with E-state index < -0.39 is 0 Å². The summed E-state index contributed by atoms with van der Waals surface area (Å²) >= 11 is 0. The van der Waals surface area contributed by atoms with Gasteiger partial charge in [0.1, 0.15) is 5.75 Å². The molecular weight excluding hydrogens is 224 g/mol. The summed E-state index contributed by atoms with van der Waals surface area (Å²) in [6, 6.07) is 8.09. The first-order valence-electron chi connectivity index (χ1n) is 6.97. The molecule has 18 heavy (non-hydrogen) atoms. The third-order valence-corrected chi connectivity index (χ3v) is 3.99. The van der Waals surface area contributed by atoms with Gasteiger partial charge in [-0.1, -0.05) is 19.1 Å². The lowest BCUT2D eigenvalue weighted by molar-refractivity contribution is 0.122. The fourth-order valence-electron chi connectivity index (χ4n) is 2.97. The van der Waals surface area contributed by atoms with Gasteiger partial charge >= 0.3 is 0 Å². The van der Waals surface area contributed by atoms with Gasteiger partial charge < -0.3 is 10.8 Å². The third kappa shape index (κ3) is 3.03. The number of likely N-dealkylation sites (tertiary alicyclic amines) is 1.